The zero-order valence-electron chi connectivity index (χ0n) is 8.71. The Kier molecular flexibility index (Phi) is 2.92. The fraction of sp³-hybridized carbons (Fsp3) is 1.00. The Morgan fingerprint density at radius 2 is 1.54 bits per heavy atom. The molecule has 0 aromatic carbocycles. The van der Waals surface area contributed by atoms with Crippen LogP contribution in [0.1, 0.15) is 45.4 Å². The van der Waals surface area contributed by atoms with Crippen LogP contribution in [0, 0.1) is 23.7 Å². The minimum absolute atomic E-state index is 0.400. The predicted octanol–water partition coefficient (Wildman–Crippen LogP) is 2.83. The van der Waals surface area contributed by atoms with Gasteiger partial charge in [-0.15, -0.1) is 0 Å². The molecule has 13 heavy (non-hydrogen) atoms. The van der Waals surface area contributed by atoms with Gasteiger partial charge in [0.15, 0.2) is 0 Å². The molecule has 1 nitrogen and oxygen atoms in total. The number of aliphatic hydroxyl groups excluding tert-OH is 1. The molecule has 0 radical (unpaired) electrons. The highest BCUT2D eigenvalue weighted by Crippen LogP contribution is 2.47. The maximum absolute atomic E-state index is 9.24. The molecule has 1 heteroatoms. The van der Waals surface area contributed by atoms with Crippen molar-refractivity contribution in [3.8, 4) is 0 Å². The molecule has 2 aliphatic rings. The van der Waals surface area contributed by atoms with Crippen LogP contribution in [-0.4, -0.2) is 11.7 Å². The van der Waals surface area contributed by atoms with E-state index in [0.717, 1.165) is 17.8 Å². The van der Waals surface area contributed by atoms with E-state index in [-0.39, 0.29) is 0 Å². The highest BCUT2D eigenvalue weighted by molar-refractivity contribution is 4.88. The van der Waals surface area contributed by atoms with Crippen molar-refractivity contribution in [2.24, 2.45) is 23.7 Å². The zero-order chi connectivity index (χ0) is 9.26. The molecule has 0 amide bonds. The standard InChI is InChI=1S/C12H22O/c1-9(8-13)12(10-4-2-5-10)11-6-3-7-11/h9-13H,2-8H2,1H3/t9-/m0/s1. The van der Waals surface area contributed by atoms with E-state index in [2.05, 4.69) is 6.92 Å². The summed E-state index contributed by atoms with van der Waals surface area (Å²) < 4.78 is 0. The normalized spacial score (nSPS) is 27.0. The van der Waals surface area contributed by atoms with E-state index in [9.17, 15) is 5.11 Å². The van der Waals surface area contributed by atoms with Gasteiger partial charge in [0.05, 0.1) is 0 Å². The van der Waals surface area contributed by atoms with Crippen molar-refractivity contribution < 1.29 is 5.11 Å². The third kappa shape index (κ3) is 1.76. The van der Waals surface area contributed by atoms with Gasteiger partial charge < -0.3 is 5.11 Å². The highest BCUT2D eigenvalue weighted by Gasteiger charge is 2.38. The fourth-order valence-corrected chi connectivity index (χ4v) is 3.09. The topological polar surface area (TPSA) is 20.2 Å². The lowest BCUT2D eigenvalue weighted by molar-refractivity contribution is 0.0269. The lowest BCUT2D eigenvalue weighted by atomic mass is 9.61. The molecule has 0 aliphatic heterocycles. The molecule has 2 saturated carbocycles. The fourth-order valence-electron chi connectivity index (χ4n) is 3.09. The largest absolute Gasteiger partial charge is 0.396 e. The maximum Gasteiger partial charge on any atom is 0.0459 e. The molecule has 2 fully saturated rings. The molecule has 2 rings (SSSR count). The predicted molar refractivity (Wildman–Crippen MR) is 54.4 cm³/mol. The van der Waals surface area contributed by atoms with Crippen LogP contribution in [0.15, 0.2) is 0 Å². The van der Waals surface area contributed by atoms with Gasteiger partial charge in [0.1, 0.15) is 0 Å². The van der Waals surface area contributed by atoms with Crippen LogP contribution >= 0.6 is 0 Å². The molecule has 2 aliphatic carbocycles. The summed E-state index contributed by atoms with van der Waals surface area (Å²) in [6, 6.07) is 0. The summed E-state index contributed by atoms with van der Waals surface area (Å²) in [6.07, 6.45) is 8.62. The Bertz CT molecular complexity index is 138. The summed E-state index contributed by atoms with van der Waals surface area (Å²) in [5.74, 6) is 3.34. The molecule has 1 N–H and O–H groups in total. The van der Waals surface area contributed by atoms with Gasteiger partial charge in [-0.1, -0.05) is 45.4 Å². The van der Waals surface area contributed by atoms with Gasteiger partial charge in [-0.3, -0.25) is 0 Å². The molecule has 0 bridgehead atoms. The van der Waals surface area contributed by atoms with Crippen molar-refractivity contribution in [2.75, 3.05) is 6.61 Å². The summed E-state index contributed by atoms with van der Waals surface area (Å²) in [5.41, 5.74) is 0. The summed E-state index contributed by atoms with van der Waals surface area (Å²) in [4.78, 5) is 0. The first-order chi connectivity index (χ1) is 6.33. The first-order valence-corrected chi connectivity index (χ1v) is 5.93. The van der Waals surface area contributed by atoms with Gasteiger partial charge in [0.25, 0.3) is 0 Å². The Labute approximate surface area is 81.5 Å². The Balaban J connectivity index is 1.92. The summed E-state index contributed by atoms with van der Waals surface area (Å²) in [6.45, 7) is 2.64. The van der Waals surface area contributed by atoms with E-state index < -0.39 is 0 Å². The summed E-state index contributed by atoms with van der Waals surface area (Å²) in [7, 11) is 0. The SMILES string of the molecule is C[C@@H](CO)C(C1CCC1)C1CCC1. The number of aliphatic hydroxyl groups is 1. The molecule has 0 aromatic heterocycles. The van der Waals surface area contributed by atoms with Gasteiger partial charge >= 0.3 is 0 Å². The van der Waals surface area contributed by atoms with E-state index >= 15 is 0 Å². The number of hydrogen-bond donors (Lipinski definition) is 1. The van der Waals surface area contributed by atoms with Crippen LogP contribution in [-0.2, 0) is 0 Å². The molecule has 0 unspecified atom stereocenters. The molecule has 0 aromatic rings. The van der Waals surface area contributed by atoms with E-state index in [1.807, 2.05) is 0 Å². The lowest BCUT2D eigenvalue weighted by Gasteiger charge is -2.45. The molecular formula is C12H22O. The van der Waals surface area contributed by atoms with Crippen molar-refractivity contribution in [2.45, 2.75) is 45.4 Å². The molecule has 1 atom stereocenters. The van der Waals surface area contributed by atoms with E-state index in [0.29, 0.717) is 12.5 Å². The van der Waals surface area contributed by atoms with Crippen LogP contribution in [0.25, 0.3) is 0 Å². The molecular weight excluding hydrogens is 160 g/mol. The average molecular weight is 182 g/mol. The molecule has 0 saturated heterocycles. The Morgan fingerprint density at radius 3 is 1.77 bits per heavy atom. The van der Waals surface area contributed by atoms with Gasteiger partial charge in [-0.2, -0.15) is 0 Å². The monoisotopic (exact) mass is 182 g/mol. The van der Waals surface area contributed by atoms with Crippen LogP contribution in [0.4, 0.5) is 0 Å². The highest BCUT2D eigenvalue weighted by atomic mass is 16.3. The smallest absolute Gasteiger partial charge is 0.0459 e. The van der Waals surface area contributed by atoms with Gasteiger partial charge in [-0.25, -0.2) is 0 Å². The second kappa shape index (κ2) is 4.00. The first-order valence-electron chi connectivity index (χ1n) is 5.93. The van der Waals surface area contributed by atoms with Crippen LogP contribution in [0.5, 0.6) is 0 Å². The van der Waals surface area contributed by atoms with Gasteiger partial charge in [0, 0.05) is 6.61 Å². The van der Waals surface area contributed by atoms with Crippen molar-refractivity contribution >= 4 is 0 Å². The maximum atomic E-state index is 9.24. The summed E-state index contributed by atoms with van der Waals surface area (Å²) >= 11 is 0. The summed E-state index contributed by atoms with van der Waals surface area (Å²) in [5, 5.41) is 9.24. The van der Waals surface area contributed by atoms with E-state index in [4.69, 9.17) is 0 Å². The Hall–Kier alpha value is -0.0400. The number of hydrogen-bond acceptors (Lipinski definition) is 1. The third-order valence-corrected chi connectivity index (χ3v) is 4.33. The zero-order valence-corrected chi connectivity index (χ0v) is 8.71. The molecule has 76 valence electrons. The van der Waals surface area contributed by atoms with Crippen LogP contribution < -0.4 is 0 Å². The lowest BCUT2D eigenvalue weighted by Crippen LogP contribution is -2.37. The van der Waals surface area contributed by atoms with Crippen molar-refractivity contribution in [3.05, 3.63) is 0 Å². The first kappa shape index (κ1) is 9.51. The van der Waals surface area contributed by atoms with E-state index in [1.54, 1.807) is 0 Å². The second-order valence-corrected chi connectivity index (χ2v) is 5.12. The second-order valence-electron chi connectivity index (χ2n) is 5.12. The minimum Gasteiger partial charge on any atom is -0.396 e. The quantitative estimate of drug-likeness (QED) is 0.709. The molecule has 0 spiro atoms. The van der Waals surface area contributed by atoms with Crippen molar-refractivity contribution in [3.63, 3.8) is 0 Å². The Morgan fingerprint density at radius 1 is 1.08 bits per heavy atom. The van der Waals surface area contributed by atoms with Gasteiger partial charge in [0.2, 0.25) is 0 Å². The van der Waals surface area contributed by atoms with Crippen molar-refractivity contribution in [1.82, 2.24) is 0 Å². The minimum atomic E-state index is 0.400. The van der Waals surface area contributed by atoms with Crippen LogP contribution in [0.2, 0.25) is 0 Å². The third-order valence-electron chi connectivity index (χ3n) is 4.33. The van der Waals surface area contributed by atoms with Gasteiger partial charge in [-0.05, 0) is 23.7 Å². The molecule has 0 heterocycles. The number of rotatable bonds is 4. The van der Waals surface area contributed by atoms with Crippen molar-refractivity contribution in [1.29, 1.82) is 0 Å². The average Bonchev–Trinajstić information content (AvgIpc) is 1.95. The van der Waals surface area contributed by atoms with E-state index in [1.165, 1.54) is 38.5 Å². The van der Waals surface area contributed by atoms with Crippen LogP contribution in [0.3, 0.4) is 0 Å².